The van der Waals surface area contributed by atoms with Gasteiger partial charge in [0.2, 0.25) is 11.3 Å². The van der Waals surface area contributed by atoms with Crippen molar-refractivity contribution in [1.82, 2.24) is 30.4 Å². The number of carbonyl (C=O) groups is 2. The van der Waals surface area contributed by atoms with E-state index in [2.05, 4.69) is 25.9 Å². The van der Waals surface area contributed by atoms with E-state index in [1.807, 2.05) is 38.1 Å². The topological polar surface area (TPSA) is 120 Å². The lowest BCUT2D eigenvalue weighted by molar-refractivity contribution is -0.131. The Morgan fingerprint density at radius 3 is 2.69 bits per heavy atom. The zero-order valence-electron chi connectivity index (χ0n) is 19.0. The number of para-hydroxylation sites is 2. The first-order chi connectivity index (χ1) is 17.0. The number of hydrogen-bond donors (Lipinski definition) is 2. The van der Waals surface area contributed by atoms with Crippen LogP contribution in [0.2, 0.25) is 0 Å². The van der Waals surface area contributed by atoms with Gasteiger partial charge in [0.15, 0.2) is 11.5 Å². The number of amides is 2. The lowest BCUT2D eigenvalue weighted by atomic mass is 10.1. The van der Waals surface area contributed by atoms with E-state index >= 15 is 0 Å². The maximum atomic E-state index is 12.8. The van der Waals surface area contributed by atoms with Crippen LogP contribution in [0, 0.1) is 13.8 Å². The SMILES string of the molecule is Cc1cc(C)n2nc(SCc3ccccc3C(=O)NNC(=O)C3COc4ccccc4O3)nc2n1. The molecule has 1 aliphatic heterocycles. The molecule has 3 heterocycles. The van der Waals surface area contributed by atoms with Crippen molar-refractivity contribution in [2.75, 3.05) is 6.61 Å². The van der Waals surface area contributed by atoms with Crippen LogP contribution in [0.25, 0.3) is 5.78 Å². The number of nitrogens with zero attached hydrogens (tertiary/aromatic N) is 4. The van der Waals surface area contributed by atoms with Crippen molar-refractivity contribution in [2.45, 2.75) is 30.9 Å². The van der Waals surface area contributed by atoms with Crippen LogP contribution in [0.5, 0.6) is 11.5 Å². The normalized spacial score (nSPS) is 14.5. The Morgan fingerprint density at radius 1 is 1.06 bits per heavy atom. The predicted molar refractivity (Wildman–Crippen MR) is 128 cm³/mol. The third kappa shape index (κ3) is 4.90. The van der Waals surface area contributed by atoms with Crippen LogP contribution in [-0.2, 0) is 10.5 Å². The number of nitrogens with one attached hydrogen (secondary N) is 2. The summed E-state index contributed by atoms with van der Waals surface area (Å²) in [4.78, 5) is 34.2. The van der Waals surface area contributed by atoms with E-state index in [-0.39, 0.29) is 6.61 Å². The van der Waals surface area contributed by atoms with Crippen molar-refractivity contribution in [3.63, 3.8) is 0 Å². The highest BCUT2D eigenvalue weighted by atomic mass is 32.2. The second-order valence-electron chi connectivity index (χ2n) is 7.90. The molecule has 10 nitrogen and oxygen atoms in total. The van der Waals surface area contributed by atoms with E-state index in [1.54, 1.807) is 34.8 Å². The largest absolute Gasteiger partial charge is 0.485 e. The van der Waals surface area contributed by atoms with Crippen molar-refractivity contribution < 1.29 is 19.1 Å². The summed E-state index contributed by atoms with van der Waals surface area (Å²) in [6.07, 6.45) is -0.877. The molecule has 0 saturated carbocycles. The first-order valence-electron chi connectivity index (χ1n) is 10.9. The number of thioether (sulfide) groups is 1. The fraction of sp³-hybridized carbons (Fsp3) is 0.208. The zero-order chi connectivity index (χ0) is 24.4. The molecule has 5 rings (SSSR count). The summed E-state index contributed by atoms with van der Waals surface area (Å²) in [6, 6.07) is 16.2. The smallest absolute Gasteiger partial charge is 0.283 e. The molecular weight excluding hydrogens is 468 g/mol. The zero-order valence-corrected chi connectivity index (χ0v) is 19.8. The van der Waals surface area contributed by atoms with Gasteiger partial charge in [-0.15, -0.1) is 5.10 Å². The summed E-state index contributed by atoms with van der Waals surface area (Å²) in [7, 11) is 0. The molecule has 11 heteroatoms. The van der Waals surface area contributed by atoms with Gasteiger partial charge in [0.05, 0.1) is 0 Å². The van der Waals surface area contributed by atoms with Gasteiger partial charge in [-0.25, -0.2) is 9.50 Å². The van der Waals surface area contributed by atoms with Gasteiger partial charge in [0, 0.05) is 22.7 Å². The van der Waals surface area contributed by atoms with Crippen LogP contribution in [0.15, 0.2) is 59.8 Å². The monoisotopic (exact) mass is 490 g/mol. The van der Waals surface area contributed by atoms with E-state index in [4.69, 9.17) is 9.47 Å². The van der Waals surface area contributed by atoms with Crippen LogP contribution in [-0.4, -0.2) is 44.1 Å². The van der Waals surface area contributed by atoms with Gasteiger partial charge in [-0.05, 0) is 43.7 Å². The fourth-order valence-corrected chi connectivity index (χ4v) is 4.46. The number of fused-ring (bicyclic) bond motifs is 2. The van der Waals surface area contributed by atoms with Crippen LogP contribution in [0.1, 0.15) is 27.3 Å². The minimum atomic E-state index is -0.877. The lowest BCUT2D eigenvalue weighted by Crippen LogP contribution is -2.51. The van der Waals surface area contributed by atoms with Crippen LogP contribution < -0.4 is 20.3 Å². The molecule has 0 aliphatic carbocycles. The number of aromatic nitrogens is 4. The van der Waals surface area contributed by atoms with E-state index in [9.17, 15) is 9.59 Å². The van der Waals surface area contributed by atoms with Gasteiger partial charge < -0.3 is 9.47 Å². The number of benzene rings is 2. The summed E-state index contributed by atoms with van der Waals surface area (Å²) in [5.41, 5.74) is 7.91. The summed E-state index contributed by atoms with van der Waals surface area (Å²) in [6.45, 7) is 3.91. The summed E-state index contributed by atoms with van der Waals surface area (Å²) in [5, 5.41) is 5.05. The molecule has 0 bridgehead atoms. The molecule has 178 valence electrons. The fourth-order valence-electron chi connectivity index (χ4n) is 3.63. The van der Waals surface area contributed by atoms with Crippen LogP contribution >= 0.6 is 11.8 Å². The van der Waals surface area contributed by atoms with Gasteiger partial charge in [-0.1, -0.05) is 42.1 Å². The molecule has 2 N–H and O–H groups in total. The van der Waals surface area contributed by atoms with Crippen LogP contribution in [0.4, 0.5) is 0 Å². The minimum absolute atomic E-state index is 0.0474. The molecule has 0 fully saturated rings. The first kappa shape index (κ1) is 22.7. The third-order valence-corrected chi connectivity index (χ3v) is 6.20. The van der Waals surface area contributed by atoms with Crippen molar-refractivity contribution >= 4 is 29.4 Å². The Bertz CT molecular complexity index is 1420. The molecule has 2 aromatic carbocycles. The number of hydrogen-bond acceptors (Lipinski definition) is 8. The Morgan fingerprint density at radius 2 is 1.83 bits per heavy atom. The highest BCUT2D eigenvalue weighted by Gasteiger charge is 2.27. The Hall–Kier alpha value is -4.12. The minimum Gasteiger partial charge on any atom is -0.485 e. The highest BCUT2D eigenvalue weighted by molar-refractivity contribution is 7.98. The molecular formula is C24H22N6O4S. The molecule has 35 heavy (non-hydrogen) atoms. The second kappa shape index (κ2) is 9.63. The number of ether oxygens (including phenoxy) is 2. The Balaban J connectivity index is 1.21. The molecule has 1 aliphatic rings. The molecule has 0 saturated heterocycles. The third-order valence-electron chi connectivity index (χ3n) is 5.32. The van der Waals surface area contributed by atoms with E-state index in [0.717, 1.165) is 17.0 Å². The average molecular weight is 491 g/mol. The summed E-state index contributed by atoms with van der Waals surface area (Å²) in [5.74, 6) is 1.11. The maximum absolute atomic E-state index is 12.8. The number of hydrazine groups is 1. The molecule has 4 aromatic rings. The first-order valence-corrected chi connectivity index (χ1v) is 11.9. The molecule has 0 spiro atoms. The van der Waals surface area contributed by atoms with Crippen molar-refractivity contribution in [2.24, 2.45) is 0 Å². The second-order valence-corrected chi connectivity index (χ2v) is 8.84. The number of aryl methyl sites for hydroxylation is 2. The van der Waals surface area contributed by atoms with E-state index in [1.165, 1.54) is 11.8 Å². The van der Waals surface area contributed by atoms with E-state index in [0.29, 0.717) is 33.7 Å². The van der Waals surface area contributed by atoms with Crippen molar-refractivity contribution in [1.29, 1.82) is 0 Å². The van der Waals surface area contributed by atoms with Gasteiger partial charge in [0.25, 0.3) is 17.6 Å². The van der Waals surface area contributed by atoms with E-state index < -0.39 is 17.9 Å². The van der Waals surface area contributed by atoms with Gasteiger partial charge in [-0.3, -0.25) is 20.4 Å². The summed E-state index contributed by atoms with van der Waals surface area (Å²) >= 11 is 1.40. The standard InChI is InChI=1S/C24H22N6O4S/c1-14-11-15(2)30-23(25-14)26-24(29-30)35-13-16-7-3-4-8-17(16)21(31)27-28-22(32)20-12-33-18-9-5-6-10-19(18)34-20/h3-11,20H,12-13H2,1-2H3,(H,27,31)(H,28,32). The molecule has 1 atom stereocenters. The highest BCUT2D eigenvalue weighted by Crippen LogP contribution is 2.30. The summed E-state index contributed by atoms with van der Waals surface area (Å²) < 4.78 is 12.9. The molecule has 2 amide bonds. The van der Waals surface area contributed by atoms with Gasteiger partial charge in [-0.2, -0.15) is 4.98 Å². The van der Waals surface area contributed by atoms with Crippen molar-refractivity contribution in [3.05, 3.63) is 77.1 Å². The Kier molecular flexibility index (Phi) is 6.23. The lowest BCUT2D eigenvalue weighted by Gasteiger charge is -2.25. The predicted octanol–water partition coefficient (Wildman–Crippen LogP) is 2.63. The number of carbonyl (C=O) groups excluding carboxylic acids is 2. The Labute approximate surface area is 205 Å². The van der Waals surface area contributed by atoms with Crippen LogP contribution in [0.3, 0.4) is 0 Å². The maximum Gasteiger partial charge on any atom is 0.283 e. The molecule has 0 radical (unpaired) electrons. The number of rotatable bonds is 5. The molecule has 1 unspecified atom stereocenters. The van der Waals surface area contributed by atoms with Crippen molar-refractivity contribution in [3.8, 4) is 11.5 Å². The van der Waals surface area contributed by atoms with Gasteiger partial charge >= 0.3 is 0 Å². The molecule has 2 aromatic heterocycles. The average Bonchev–Trinajstić information content (AvgIpc) is 3.29. The quantitative estimate of drug-likeness (QED) is 0.324. The van der Waals surface area contributed by atoms with Gasteiger partial charge in [0.1, 0.15) is 6.61 Å².